The Balaban J connectivity index is 0.000000277. The Hall–Kier alpha value is -1.69. The third-order valence-electron chi connectivity index (χ3n) is 2.80. The van der Waals surface area contributed by atoms with Gasteiger partial charge >= 0.3 is 11.9 Å². The summed E-state index contributed by atoms with van der Waals surface area (Å²) < 4.78 is 9.09. The second-order valence-electron chi connectivity index (χ2n) is 4.47. The Kier molecular flexibility index (Phi) is 9.70. The number of rotatable bonds is 4. The molecule has 2 aromatic carbocycles. The Labute approximate surface area is 180 Å². The number of carbonyl (C=O) groups is 2. The fraction of sp³-hybridized carbons (Fsp3) is 0. The Bertz CT molecular complexity index is 880. The fourth-order valence-electron chi connectivity index (χ4n) is 1.63. The number of ether oxygens (including phenoxy) is 2. The summed E-state index contributed by atoms with van der Waals surface area (Å²) in [6.07, 6.45) is 2.06. The lowest BCUT2D eigenvalue weighted by Crippen LogP contribution is -2.02. The van der Waals surface area contributed by atoms with E-state index in [0.717, 1.165) is 12.5 Å². The zero-order chi connectivity index (χ0) is 20.6. The van der Waals surface area contributed by atoms with Crippen molar-refractivity contribution in [1.82, 2.24) is 0 Å². The molecule has 0 heterocycles. The summed E-state index contributed by atoms with van der Waals surface area (Å²) in [6.45, 7) is 6.51. The van der Waals surface area contributed by atoms with Crippen LogP contribution >= 0.6 is 58.0 Å². The van der Waals surface area contributed by atoms with Crippen molar-refractivity contribution in [2.75, 3.05) is 0 Å². The minimum atomic E-state index is -0.699. The standard InChI is InChI=1S/C9H4Cl4O2.C9H7ClO2/c1-2-15-9(14)4-3-5(10)7(12)8(13)6(4)11;1-2-12-9(11)7-5-3-4-6-8(7)10/h2-3H,1H2;2-6H,1H2. The summed E-state index contributed by atoms with van der Waals surface area (Å²) in [5.74, 6) is -1.19. The monoisotopic (exact) mass is 466 g/mol. The summed E-state index contributed by atoms with van der Waals surface area (Å²) in [4.78, 5) is 22.4. The molecule has 27 heavy (non-hydrogen) atoms. The molecule has 0 aliphatic heterocycles. The summed E-state index contributed by atoms with van der Waals surface area (Å²) in [6, 6.07) is 7.96. The van der Waals surface area contributed by atoms with Crippen LogP contribution in [0.4, 0.5) is 0 Å². The van der Waals surface area contributed by atoms with Crippen molar-refractivity contribution in [3.05, 3.63) is 92.3 Å². The molecule has 9 heteroatoms. The van der Waals surface area contributed by atoms with Crippen LogP contribution < -0.4 is 0 Å². The van der Waals surface area contributed by atoms with Gasteiger partial charge in [-0.2, -0.15) is 0 Å². The number of hydrogen-bond acceptors (Lipinski definition) is 4. The van der Waals surface area contributed by atoms with Gasteiger partial charge in [0, 0.05) is 0 Å². The van der Waals surface area contributed by atoms with E-state index in [1.807, 2.05) is 0 Å². The first kappa shape index (κ1) is 23.3. The van der Waals surface area contributed by atoms with E-state index in [2.05, 4.69) is 22.6 Å². The molecule has 0 atom stereocenters. The Morgan fingerprint density at radius 2 is 1.26 bits per heavy atom. The average molecular weight is 469 g/mol. The molecule has 0 spiro atoms. The predicted molar refractivity (Wildman–Crippen MR) is 109 cm³/mol. The average Bonchev–Trinajstić information content (AvgIpc) is 2.64. The Morgan fingerprint density at radius 1 is 0.741 bits per heavy atom. The number of esters is 2. The van der Waals surface area contributed by atoms with Crippen LogP contribution in [0.1, 0.15) is 20.7 Å². The largest absolute Gasteiger partial charge is 0.431 e. The van der Waals surface area contributed by atoms with Crippen LogP contribution in [-0.4, -0.2) is 11.9 Å². The molecule has 0 amide bonds. The normalized spacial score (nSPS) is 9.52. The molecule has 0 aliphatic rings. The lowest BCUT2D eigenvalue weighted by molar-refractivity contribution is 0.0655. The summed E-state index contributed by atoms with van der Waals surface area (Å²) in [7, 11) is 0. The molecular weight excluding hydrogens is 457 g/mol. The number of hydrogen-bond donors (Lipinski definition) is 0. The smallest absolute Gasteiger partial charge is 0.344 e. The summed E-state index contributed by atoms with van der Waals surface area (Å²) in [5.41, 5.74) is 0.384. The van der Waals surface area contributed by atoms with Gasteiger partial charge < -0.3 is 9.47 Å². The molecule has 0 N–H and O–H groups in total. The number of halogens is 5. The van der Waals surface area contributed by atoms with Crippen molar-refractivity contribution < 1.29 is 19.1 Å². The zero-order valence-electron chi connectivity index (χ0n) is 13.5. The summed E-state index contributed by atoms with van der Waals surface area (Å²) >= 11 is 28.7. The maximum Gasteiger partial charge on any atom is 0.344 e. The first-order valence-electron chi connectivity index (χ1n) is 6.95. The molecule has 0 bridgehead atoms. The summed E-state index contributed by atoms with van der Waals surface area (Å²) in [5, 5.41) is 0.615. The van der Waals surface area contributed by atoms with Gasteiger partial charge in [0.2, 0.25) is 0 Å². The van der Waals surface area contributed by atoms with Crippen molar-refractivity contribution in [2.45, 2.75) is 0 Å². The minimum Gasteiger partial charge on any atom is -0.431 e. The molecule has 0 saturated heterocycles. The molecule has 2 aromatic rings. The molecule has 0 radical (unpaired) electrons. The highest BCUT2D eigenvalue weighted by molar-refractivity contribution is 6.52. The van der Waals surface area contributed by atoms with E-state index in [-0.39, 0.29) is 25.7 Å². The van der Waals surface area contributed by atoms with E-state index in [1.54, 1.807) is 24.3 Å². The van der Waals surface area contributed by atoms with Crippen LogP contribution in [0, 0.1) is 0 Å². The highest BCUT2D eigenvalue weighted by atomic mass is 35.5. The molecule has 2 rings (SSSR count). The van der Waals surface area contributed by atoms with Crippen LogP contribution in [0.25, 0.3) is 0 Å². The maximum atomic E-state index is 11.3. The van der Waals surface area contributed by atoms with Crippen molar-refractivity contribution in [3.63, 3.8) is 0 Å². The molecule has 4 nitrogen and oxygen atoms in total. The van der Waals surface area contributed by atoms with Gasteiger partial charge in [-0.1, -0.05) is 83.3 Å². The van der Waals surface area contributed by atoms with Crippen molar-refractivity contribution in [3.8, 4) is 0 Å². The third kappa shape index (κ3) is 6.45. The van der Waals surface area contributed by atoms with E-state index in [4.69, 9.17) is 58.0 Å². The van der Waals surface area contributed by atoms with Crippen molar-refractivity contribution >= 4 is 69.9 Å². The van der Waals surface area contributed by atoms with Crippen molar-refractivity contribution in [2.24, 2.45) is 0 Å². The zero-order valence-corrected chi connectivity index (χ0v) is 17.3. The van der Waals surface area contributed by atoms with E-state index in [0.29, 0.717) is 10.6 Å². The van der Waals surface area contributed by atoms with E-state index >= 15 is 0 Å². The van der Waals surface area contributed by atoms with Crippen LogP contribution in [-0.2, 0) is 9.47 Å². The first-order valence-corrected chi connectivity index (χ1v) is 8.84. The first-order chi connectivity index (χ1) is 12.7. The molecule has 0 aliphatic carbocycles. The SMILES string of the molecule is C=COC(=O)c1cc(Cl)c(Cl)c(Cl)c1Cl.C=COC(=O)c1ccccc1Cl. The van der Waals surface area contributed by atoms with E-state index in [1.165, 1.54) is 6.07 Å². The molecule has 142 valence electrons. The van der Waals surface area contributed by atoms with Crippen molar-refractivity contribution in [1.29, 1.82) is 0 Å². The van der Waals surface area contributed by atoms with Gasteiger partial charge in [0.25, 0.3) is 0 Å². The van der Waals surface area contributed by atoms with Gasteiger partial charge in [-0.25, -0.2) is 9.59 Å². The van der Waals surface area contributed by atoms with E-state index in [9.17, 15) is 9.59 Å². The topological polar surface area (TPSA) is 52.6 Å². The maximum absolute atomic E-state index is 11.3. The third-order valence-corrected chi connectivity index (χ3v) is 4.88. The predicted octanol–water partition coefficient (Wildman–Crippen LogP) is 7.24. The van der Waals surface area contributed by atoms with Gasteiger partial charge in [0.15, 0.2) is 0 Å². The van der Waals surface area contributed by atoms with Crippen LogP contribution in [0.15, 0.2) is 56.0 Å². The van der Waals surface area contributed by atoms with Crippen LogP contribution in [0.5, 0.6) is 0 Å². The lowest BCUT2D eigenvalue weighted by atomic mass is 10.2. The molecular formula is C18H11Cl5O4. The van der Waals surface area contributed by atoms with Gasteiger partial charge in [0.1, 0.15) is 0 Å². The highest BCUT2D eigenvalue weighted by Gasteiger charge is 2.18. The van der Waals surface area contributed by atoms with Crippen LogP contribution in [0.3, 0.4) is 0 Å². The van der Waals surface area contributed by atoms with Gasteiger partial charge in [-0.3, -0.25) is 0 Å². The molecule has 0 fully saturated rings. The molecule has 0 saturated carbocycles. The Morgan fingerprint density at radius 3 is 1.78 bits per heavy atom. The van der Waals surface area contributed by atoms with Gasteiger partial charge in [-0.05, 0) is 18.2 Å². The second-order valence-corrected chi connectivity index (χ2v) is 6.42. The van der Waals surface area contributed by atoms with Crippen LogP contribution in [0.2, 0.25) is 25.1 Å². The quantitative estimate of drug-likeness (QED) is 0.205. The lowest BCUT2D eigenvalue weighted by Gasteiger charge is -2.06. The van der Waals surface area contributed by atoms with E-state index < -0.39 is 11.9 Å². The second kappa shape index (κ2) is 11.2. The molecule has 0 aromatic heterocycles. The van der Waals surface area contributed by atoms with Gasteiger partial charge in [0.05, 0.1) is 48.8 Å². The minimum absolute atomic E-state index is 0.00193. The molecule has 0 unspecified atom stereocenters. The number of benzene rings is 2. The highest BCUT2D eigenvalue weighted by Crippen LogP contribution is 2.38. The number of carbonyl (C=O) groups excluding carboxylic acids is 2. The van der Waals surface area contributed by atoms with Gasteiger partial charge in [-0.15, -0.1) is 0 Å². The fourth-order valence-corrected chi connectivity index (χ4v) is 2.72.